The summed E-state index contributed by atoms with van der Waals surface area (Å²) in [4.78, 5) is 18.7. The van der Waals surface area contributed by atoms with E-state index >= 15 is 0 Å². The van der Waals surface area contributed by atoms with Crippen LogP contribution in [0.2, 0.25) is 0 Å². The van der Waals surface area contributed by atoms with Gasteiger partial charge in [0.05, 0.1) is 18.1 Å². The Labute approximate surface area is 167 Å². The lowest BCUT2D eigenvalue weighted by molar-refractivity contribution is -0.133. The first-order valence-corrected chi connectivity index (χ1v) is 8.70. The second kappa shape index (κ2) is 10.6. The van der Waals surface area contributed by atoms with E-state index in [4.69, 9.17) is 5.73 Å². The summed E-state index contributed by atoms with van der Waals surface area (Å²) in [5.41, 5.74) is 8.23. The van der Waals surface area contributed by atoms with Gasteiger partial charge in [0.25, 0.3) is 0 Å². The highest BCUT2D eigenvalue weighted by Crippen LogP contribution is 2.22. The molecule has 7 heteroatoms. The number of benzene rings is 1. The molecule has 26 heavy (non-hydrogen) atoms. The van der Waals surface area contributed by atoms with Gasteiger partial charge in [-0.25, -0.2) is 4.98 Å². The minimum atomic E-state index is -0.518. The Bertz CT molecular complexity index is 671. The number of carbonyl (C=O) groups excluding carboxylic acids is 1. The topological polar surface area (TPSA) is 64.2 Å². The maximum atomic E-state index is 12.5. The third kappa shape index (κ3) is 5.73. The van der Waals surface area contributed by atoms with Crippen LogP contribution in [-0.4, -0.2) is 39.5 Å². The number of amides is 1. The van der Waals surface area contributed by atoms with Crippen molar-refractivity contribution in [3.8, 4) is 0 Å². The molecule has 0 aliphatic heterocycles. The second-order valence-electron chi connectivity index (χ2n) is 6.72. The molecule has 1 aliphatic carbocycles. The van der Waals surface area contributed by atoms with Gasteiger partial charge in [-0.1, -0.05) is 43.2 Å². The summed E-state index contributed by atoms with van der Waals surface area (Å²) < 4.78 is 2.03. The monoisotopic (exact) mass is 398 g/mol. The molecule has 1 aromatic heterocycles. The number of carbonyl (C=O) groups is 1. The molecule has 0 unspecified atom stereocenters. The molecule has 1 amide bonds. The summed E-state index contributed by atoms with van der Waals surface area (Å²) in [6.07, 6.45) is 8.89. The van der Waals surface area contributed by atoms with Gasteiger partial charge in [0.1, 0.15) is 0 Å². The standard InChI is InChI=1S/C19H26N4O.2ClH/c1-22(17-9-5-6-10-17)19(24)18(20)11-16-13-23(14-21-16)12-15-7-3-2-4-8-15;;/h2-4,7-8,13-14,17-18H,5-6,9-12,20H2,1H3;2*1H/t18-;;/m0../s1. The summed E-state index contributed by atoms with van der Waals surface area (Å²) in [5, 5.41) is 0. The fraction of sp³-hybridized carbons (Fsp3) is 0.474. The van der Waals surface area contributed by atoms with Crippen molar-refractivity contribution in [2.45, 2.75) is 50.7 Å². The molecule has 2 aromatic rings. The number of likely N-dealkylation sites (N-methyl/N-ethyl adjacent to an activating group) is 1. The molecule has 3 rings (SSSR count). The summed E-state index contributed by atoms with van der Waals surface area (Å²) in [5.74, 6) is 0.0273. The number of hydrogen-bond acceptors (Lipinski definition) is 3. The lowest BCUT2D eigenvalue weighted by atomic mass is 10.1. The molecule has 1 aromatic carbocycles. The minimum Gasteiger partial charge on any atom is -0.341 e. The molecule has 1 heterocycles. The van der Waals surface area contributed by atoms with Gasteiger partial charge >= 0.3 is 0 Å². The number of nitrogens with zero attached hydrogens (tertiary/aromatic N) is 3. The number of imidazole rings is 1. The van der Waals surface area contributed by atoms with E-state index in [0.717, 1.165) is 25.1 Å². The summed E-state index contributed by atoms with van der Waals surface area (Å²) in [6, 6.07) is 10.1. The summed E-state index contributed by atoms with van der Waals surface area (Å²) in [6.45, 7) is 0.777. The molecule has 1 saturated carbocycles. The van der Waals surface area contributed by atoms with Gasteiger partial charge in [-0.15, -0.1) is 24.8 Å². The van der Waals surface area contributed by atoms with E-state index in [1.165, 1.54) is 18.4 Å². The van der Waals surface area contributed by atoms with Crippen LogP contribution in [0.1, 0.15) is 36.9 Å². The van der Waals surface area contributed by atoms with E-state index < -0.39 is 6.04 Å². The lowest BCUT2D eigenvalue weighted by Gasteiger charge is -2.26. The fourth-order valence-corrected chi connectivity index (χ4v) is 3.44. The predicted octanol–water partition coefficient (Wildman–Crippen LogP) is 3.05. The number of nitrogens with two attached hydrogens (primary N) is 1. The van der Waals surface area contributed by atoms with Crippen LogP contribution in [0.15, 0.2) is 42.9 Å². The SMILES string of the molecule is CN(C(=O)[C@@H](N)Cc1cn(Cc2ccccc2)cn1)C1CCCC1.Cl.Cl. The quantitative estimate of drug-likeness (QED) is 0.812. The predicted molar refractivity (Wildman–Crippen MR) is 109 cm³/mol. The van der Waals surface area contributed by atoms with Crippen LogP contribution in [0.5, 0.6) is 0 Å². The molecule has 144 valence electrons. The van der Waals surface area contributed by atoms with Crippen molar-refractivity contribution < 1.29 is 4.79 Å². The van der Waals surface area contributed by atoms with E-state index in [9.17, 15) is 4.79 Å². The average Bonchev–Trinajstić information content (AvgIpc) is 3.26. The lowest BCUT2D eigenvalue weighted by Crippen LogP contribution is -2.46. The third-order valence-corrected chi connectivity index (χ3v) is 4.86. The zero-order valence-electron chi connectivity index (χ0n) is 15.1. The summed E-state index contributed by atoms with van der Waals surface area (Å²) in [7, 11) is 1.88. The Morgan fingerprint density at radius 1 is 1.27 bits per heavy atom. The van der Waals surface area contributed by atoms with Crippen LogP contribution < -0.4 is 5.73 Å². The molecule has 1 aliphatic rings. The van der Waals surface area contributed by atoms with Crippen LogP contribution in [0.25, 0.3) is 0 Å². The van der Waals surface area contributed by atoms with Crippen LogP contribution >= 0.6 is 24.8 Å². The van der Waals surface area contributed by atoms with Gasteiger partial charge in [0.2, 0.25) is 5.91 Å². The van der Waals surface area contributed by atoms with E-state index in [0.29, 0.717) is 12.5 Å². The molecule has 0 bridgehead atoms. The maximum Gasteiger partial charge on any atom is 0.239 e. The maximum absolute atomic E-state index is 12.5. The Kier molecular flexibility index (Phi) is 9.13. The van der Waals surface area contributed by atoms with Crippen molar-refractivity contribution in [3.05, 3.63) is 54.1 Å². The minimum absolute atomic E-state index is 0. The Morgan fingerprint density at radius 2 is 1.92 bits per heavy atom. The van der Waals surface area contributed by atoms with Crippen LogP contribution in [0.4, 0.5) is 0 Å². The van der Waals surface area contributed by atoms with E-state index in [1.54, 1.807) is 6.33 Å². The number of aromatic nitrogens is 2. The number of hydrogen-bond donors (Lipinski definition) is 1. The van der Waals surface area contributed by atoms with Gasteiger partial charge in [-0.2, -0.15) is 0 Å². The van der Waals surface area contributed by atoms with Crippen molar-refractivity contribution in [3.63, 3.8) is 0 Å². The van der Waals surface area contributed by atoms with E-state index in [1.807, 2.05) is 40.9 Å². The van der Waals surface area contributed by atoms with Crippen LogP contribution in [0, 0.1) is 0 Å². The molecule has 1 fully saturated rings. The van der Waals surface area contributed by atoms with Gasteiger partial charge in [-0.05, 0) is 18.4 Å². The molecule has 0 saturated heterocycles. The van der Waals surface area contributed by atoms with Crippen molar-refractivity contribution in [2.75, 3.05) is 7.05 Å². The van der Waals surface area contributed by atoms with Crippen molar-refractivity contribution in [1.29, 1.82) is 0 Å². The zero-order valence-corrected chi connectivity index (χ0v) is 16.7. The van der Waals surface area contributed by atoms with Crippen molar-refractivity contribution >= 4 is 30.7 Å². The molecule has 2 N–H and O–H groups in total. The van der Waals surface area contributed by atoms with Crippen LogP contribution in [-0.2, 0) is 17.8 Å². The first kappa shape index (κ1) is 22.5. The van der Waals surface area contributed by atoms with Crippen LogP contribution in [0.3, 0.4) is 0 Å². The number of halogens is 2. The zero-order chi connectivity index (χ0) is 16.9. The van der Waals surface area contributed by atoms with E-state index in [2.05, 4.69) is 17.1 Å². The Morgan fingerprint density at radius 3 is 2.58 bits per heavy atom. The first-order chi connectivity index (χ1) is 11.6. The van der Waals surface area contributed by atoms with Gasteiger partial charge in [-0.3, -0.25) is 4.79 Å². The van der Waals surface area contributed by atoms with E-state index in [-0.39, 0.29) is 30.7 Å². The molecule has 0 spiro atoms. The highest BCUT2D eigenvalue weighted by atomic mass is 35.5. The largest absolute Gasteiger partial charge is 0.341 e. The summed E-state index contributed by atoms with van der Waals surface area (Å²) >= 11 is 0. The van der Waals surface area contributed by atoms with Gasteiger partial charge in [0, 0.05) is 32.3 Å². The molecule has 0 radical (unpaired) electrons. The molecule has 1 atom stereocenters. The van der Waals surface area contributed by atoms with Crippen molar-refractivity contribution in [2.24, 2.45) is 5.73 Å². The Balaban J connectivity index is 0.00000169. The molecular formula is C19H28Cl2N4O. The van der Waals surface area contributed by atoms with Gasteiger partial charge < -0.3 is 15.2 Å². The normalized spacial score (nSPS) is 15.0. The Hall–Kier alpha value is -1.56. The first-order valence-electron chi connectivity index (χ1n) is 8.70. The molecule has 5 nitrogen and oxygen atoms in total. The smallest absolute Gasteiger partial charge is 0.239 e. The third-order valence-electron chi connectivity index (χ3n) is 4.86. The molecular weight excluding hydrogens is 371 g/mol. The average molecular weight is 399 g/mol. The fourth-order valence-electron chi connectivity index (χ4n) is 3.44. The van der Waals surface area contributed by atoms with Gasteiger partial charge in [0.15, 0.2) is 0 Å². The highest BCUT2D eigenvalue weighted by Gasteiger charge is 2.27. The van der Waals surface area contributed by atoms with Crippen molar-refractivity contribution in [1.82, 2.24) is 14.5 Å². The highest BCUT2D eigenvalue weighted by molar-refractivity contribution is 5.85. The second-order valence-corrected chi connectivity index (χ2v) is 6.72. The number of rotatable bonds is 6.